The van der Waals surface area contributed by atoms with Crippen LogP contribution >= 0.6 is 0 Å². The van der Waals surface area contributed by atoms with Crippen LogP contribution in [0.15, 0.2) is 0 Å². The molecule has 3 N–H and O–H groups in total. The Morgan fingerprint density at radius 1 is 1.21 bits per heavy atom. The molecule has 1 unspecified atom stereocenters. The van der Waals surface area contributed by atoms with Gasteiger partial charge in [-0.05, 0) is 38.6 Å². The topological polar surface area (TPSA) is 78.4 Å². The van der Waals surface area contributed by atoms with Crippen LogP contribution < -0.4 is 10.6 Å². The van der Waals surface area contributed by atoms with Crippen LogP contribution in [0.3, 0.4) is 0 Å². The van der Waals surface area contributed by atoms with Crippen molar-refractivity contribution in [2.24, 2.45) is 0 Å². The lowest BCUT2D eigenvalue weighted by Gasteiger charge is -2.33. The summed E-state index contributed by atoms with van der Waals surface area (Å²) in [4.78, 5) is 24.1. The van der Waals surface area contributed by atoms with Gasteiger partial charge < -0.3 is 15.7 Å². The molecule has 0 aromatic carbocycles. The van der Waals surface area contributed by atoms with Crippen LogP contribution in [0.2, 0.25) is 0 Å². The zero-order chi connectivity index (χ0) is 13.9. The Labute approximate surface area is 114 Å². The molecular formula is C14H24N2O3. The molecule has 1 atom stereocenters. The van der Waals surface area contributed by atoms with Crippen LogP contribution in [-0.2, 0) is 9.59 Å². The van der Waals surface area contributed by atoms with Gasteiger partial charge in [0.25, 0.3) is 0 Å². The summed E-state index contributed by atoms with van der Waals surface area (Å²) in [6, 6.07) is 0. The van der Waals surface area contributed by atoms with Gasteiger partial charge in [0.05, 0.1) is 5.54 Å². The minimum absolute atomic E-state index is 0.115. The number of amides is 1. The lowest BCUT2D eigenvalue weighted by atomic mass is 9.88. The molecule has 1 amide bonds. The molecule has 1 aliphatic carbocycles. The number of carboxylic acid groups (broad SMARTS) is 1. The van der Waals surface area contributed by atoms with E-state index in [1.807, 2.05) is 0 Å². The molecule has 1 heterocycles. The number of carboxylic acids is 1. The highest BCUT2D eigenvalue weighted by atomic mass is 16.4. The average Bonchev–Trinajstić information content (AvgIpc) is 3.00. The van der Waals surface area contributed by atoms with Crippen LogP contribution in [0.5, 0.6) is 0 Å². The predicted octanol–water partition coefficient (Wildman–Crippen LogP) is 1.42. The van der Waals surface area contributed by atoms with Crippen molar-refractivity contribution < 1.29 is 14.7 Å². The maximum Gasteiger partial charge on any atom is 0.329 e. The Balaban J connectivity index is 2.12. The molecule has 2 aliphatic rings. The summed E-state index contributed by atoms with van der Waals surface area (Å²) < 4.78 is 0. The van der Waals surface area contributed by atoms with Crippen molar-refractivity contribution in [1.82, 2.24) is 10.6 Å². The fraction of sp³-hybridized carbons (Fsp3) is 0.857. The molecule has 19 heavy (non-hydrogen) atoms. The van der Waals surface area contributed by atoms with Crippen LogP contribution in [0.1, 0.15) is 58.3 Å². The average molecular weight is 268 g/mol. The lowest BCUT2D eigenvalue weighted by Crippen LogP contribution is -2.61. The first-order valence-corrected chi connectivity index (χ1v) is 7.36. The summed E-state index contributed by atoms with van der Waals surface area (Å²) in [6.07, 6.45) is 6.33. The van der Waals surface area contributed by atoms with E-state index < -0.39 is 17.0 Å². The number of nitrogens with one attached hydrogen (secondary N) is 2. The van der Waals surface area contributed by atoms with Gasteiger partial charge in [0, 0.05) is 0 Å². The second-order valence-electron chi connectivity index (χ2n) is 5.91. The number of rotatable bonds is 5. The number of hydrogen-bond acceptors (Lipinski definition) is 3. The molecule has 0 bridgehead atoms. The van der Waals surface area contributed by atoms with E-state index in [0.717, 1.165) is 45.1 Å². The van der Waals surface area contributed by atoms with E-state index in [4.69, 9.17) is 0 Å². The molecule has 0 aromatic rings. The van der Waals surface area contributed by atoms with E-state index in [0.29, 0.717) is 12.8 Å². The number of hydrogen-bond donors (Lipinski definition) is 3. The molecule has 1 saturated heterocycles. The molecule has 108 valence electrons. The lowest BCUT2D eigenvalue weighted by molar-refractivity contribution is -0.148. The van der Waals surface area contributed by atoms with Crippen molar-refractivity contribution in [2.75, 3.05) is 6.54 Å². The summed E-state index contributed by atoms with van der Waals surface area (Å²) in [7, 11) is 0. The zero-order valence-electron chi connectivity index (χ0n) is 11.6. The van der Waals surface area contributed by atoms with Crippen LogP contribution in [0.4, 0.5) is 0 Å². The van der Waals surface area contributed by atoms with Gasteiger partial charge in [-0.3, -0.25) is 4.79 Å². The summed E-state index contributed by atoms with van der Waals surface area (Å²) in [5.74, 6) is -1.00. The fourth-order valence-corrected chi connectivity index (χ4v) is 3.46. The minimum Gasteiger partial charge on any atom is -0.480 e. The van der Waals surface area contributed by atoms with Crippen molar-refractivity contribution in [2.45, 2.75) is 69.4 Å². The van der Waals surface area contributed by atoms with Crippen molar-refractivity contribution in [3.05, 3.63) is 0 Å². The maximum absolute atomic E-state index is 12.6. The molecule has 1 saturated carbocycles. The molecule has 5 heteroatoms. The second kappa shape index (κ2) is 5.49. The Morgan fingerprint density at radius 3 is 2.37 bits per heavy atom. The quantitative estimate of drug-likeness (QED) is 0.704. The standard InChI is InChI=1S/C14H24N2O3/c1-2-6-13(9-5-10-15-13)11(17)16-14(12(18)19)7-3-4-8-14/h15H,2-10H2,1H3,(H,16,17)(H,18,19). The van der Waals surface area contributed by atoms with Gasteiger partial charge >= 0.3 is 5.97 Å². The van der Waals surface area contributed by atoms with Crippen molar-refractivity contribution >= 4 is 11.9 Å². The molecule has 0 aromatic heterocycles. The Hall–Kier alpha value is -1.10. The minimum atomic E-state index is -1.03. The van der Waals surface area contributed by atoms with E-state index in [2.05, 4.69) is 17.6 Å². The first kappa shape index (κ1) is 14.3. The summed E-state index contributed by atoms with van der Waals surface area (Å²) in [5, 5.41) is 15.6. The normalized spacial score (nSPS) is 29.3. The van der Waals surface area contributed by atoms with E-state index in [1.54, 1.807) is 0 Å². The third-order valence-corrected chi connectivity index (χ3v) is 4.57. The molecule has 0 spiro atoms. The SMILES string of the molecule is CCCC1(C(=O)NC2(C(=O)O)CCCC2)CCCN1. The predicted molar refractivity (Wildman–Crippen MR) is 71.9 cm³/mol. The summed E-state index contributed by atoms with van der Waals surface area (Å²) >= 11 is 0. The largest absolute Gasteiger partial charge is 0.480 e. The second-order valence-corrected chi connectivity index (χ2v) is 5.91. The molecular weight excluding hydrogens is 244 g/mol. The van der Waals surface area contributed by atoms with Gasteiger partial charge in [0.15, 0.2) is 0 Å². The van der Waals surface area contributed by atoms with Gasteiger partial charge in [-0.15, -0.1) is 0 Å². The monoisotopic (exact) mass is 268 g/mol. The molecule has 5 nitrogen and oxygen atoms in total. The van der Waals surface area contributed by atoms with E-state index in [-0.39, 0.29) is 5.91 Å². The van der Waals surface area contributed by atoms with Gasteiger partial charge in [-0.1, -0.05) is 26.2 Å². The smallest absolute Gasteiger partial charge is 0.329 e. The number of aliphatic carboxylic acids is 1. The zero-order valence-corrected chi connectivity index (χ0v) is 11.6. The van der Waals surface area contributed by atoms with Crippen molar-refractivity contribution in [3.63, 3.8) is 0 Å². The molecule has 2 rings (SSSR count). The van der Waals surface area contributed by atoms with E-state index in [1.165, 1.54) is 0 Å². The number of carbonyl (C=O) groups excluding carboxylic acids is 1. The first-order valence-electron chi connectivity index (χ1n) is 7.36. The van der Waals surface area contributed by atoms with E-state index >= 15 is 0 Å². The Morgan fingerprint density at radius 2 is 1.89 bits per heavy atom. The third-order valence-electron chi connectivity index (χ3n) is 4.57. The van der Waals surface area contributed by atoms with Gasteiger partial charge in [-0.2, -0.15) is 0 Å². The highest BCUT2D eigenvalue weighted by Crippen LogP contribution is 2.32. The summed E-state index contributed by atoms with van der Waals surface area (Å²) in [6.45, 7) is 2.89. The first-order chi connectivity index (χ1) is 9.05. The molecule has 0 radical (unpaired) electrons. The van der Waals surface area contributed by atoms with Gasteiger partial charge in [0.1, 0.15) is 5.54 Å². The van der Waals surface area contributed by atoms with E-state index in [9.17, 15) is 14.7 Å². The highest BCUT2D eigenvalue weighted by Gasteiger charge is 2.48. The summed E-state index contributed by atoms with van der Waals surface area (Å²) in [5.41, 5.74) is -1.57. The molecule has 2 fully saturated rings. The van der Waals surface area contributed by atoms with Crippen molar-refractivity contribution in [1.29, 1.82) is 0 Å². The van der Waals surface area contributed by atoms with Gasteiger partial charge in [0.2, 0.25) is 5.91 Å². The fourth-order valence-electron chi connectivity index (χ4n) is 3.46. The molecule has 1 aliphatic heterocycles. The van der Waals surface area contributed by atoms with Crippen molar-refractivity contribution in [3.8, 4) is 0 Å². The maximum atomic E-state index is 12.6. The van der Waals surface area contributed by atoms with Gasteiger partial charge in [-0.25, -0.2) is 4.79 Å². The van der Waals surface area contributed by atoms with Crippen LogP contribution in [0, 0.1) is 0 Å². The Bertz CT molecular complexity index is 356. The third kappa shape index (κ3) is 2.61. The van der Waals surface area contributed by atoms with Crippen LogP contribution in [0.25, 0.3) is 0 Å². The Kier molecular flexibility index (Phi) is 4.13. The van der Waals surface area contributed by atoms with Crippen LogP contribution in [-0.4, -0.2) is 34.6 Å². The highest BCUT2D eigenvalue weighted by molar-refractivity contribution is 5.92. The number of carbonyl (C=O) groups is 2.